The number of halogens is 3. The maximum absolute atomic E-state index is 13.7. The van der Waals surface area contributed by atoms with Crippen LogP contribution in [0.3, 0.4) is 0 Å². The molecule has 0 unspecified atom stereocenters. The lowest BCUT2D eigenvalue weighted by Crippen LogP contribution is -2.05. The summed E-state index contributed by atoms with van der Waals surface area (Å²) in [5.41, 5.74) is 7.31. The van der Waals surface area contributed by atoms with E-state index in [4.69, 9.17) is 0 Å². The van der Waals surface area contributed by atoms with Gasteiger partial charge in [-0.2, -0.15) is 34.2 Å². The molecule has 0 heterocycles. The highest BCUT2D eigenvalue weighted by molar-refractivity contribution is 6.11. The lowest BCUT2D eigenvalue weighted by molar-refractivity contribution is -0.137. The second-order valence-electron chi connectivity index (χ2n) is 10.9. The van der Waals surface area contributed by atoms with Gasteiger partial charge in [0.15, 0.2) is 0 Å². The molecule has 7 rings (SSSR count). The van der Waals surface area contributed by atoms with E-state index in [1.807, 2.05) is 97.1 Å². The maximum Gasteiger partial charge on any atom is 0.416 e. The minimum absolute atomic E-state index is 0.104. The van der Waals surface area contributed by atoms with Crippen molar-refractivity contribution in [3.05, 3.63) is 142 Å². The van der Waals surface area contributed by atoms with Crippen molar-refractivity contribution in [3.8, 4) is 68.8 Å². The van der Waals surface area contributed by atoms with Gasteiger partial charge in [0, 0.05) is 11.1 Å². The average Bonchev–Trinajstić information content (AvgIpc) is 3.56. The average molecular weight is 599 g/mol. The van der Waals surface area contributed by atoms with Crippen LogP contribution in [-0.4, -0.2) is 0 Å². The van der Waals surface area contributed by atoms with Crippen molar-refractivity contribution in [2.45, 2.75) is 6.18 Å². The molecule has 0 saturated carbocycles. The zero-order valence-electron chi connectivity index (χ0n) is 23.7. The van der Waals surface area contributed by atoms with Crippen molar-refractivity contribution in [1.82, 2.24) is 0 Å². The Morgan fingerprint density at radius 1 is 0.413 bits per heavy atom. The number of benzene rings is 5. The van der Waals surface area contributed by atoms with E-state index in [0.717, 1.165) is 39.9 Å². The Balaban J connectivity index is 1.43. The predicted molar refractivity (Wildman–Crippen MR) is 168 cm³/mol. The van der Waals surface area contributed by atoms with Crippen LogP contribution < -0.4 is 0 Å². The van der Waals surface area contributed by atoms with Gasteiger partial charge in [0.1, 0.15) is 35.4 Å². The Bertz CT molecular complexity index is 2340. The smallest absolute Gasteiger partial charge is 0.192 e. The standard InChI is InChI=1S/C39H17F3N4/c40-39(41,42)28-11-13-30-32-17-35-31(16-36(32)38(34(30)15-28)27(20-45)21-46)29-12-10-25(14-33(29)37(35)26(18-43)19-44)24-8-6-23(7-9-24)22-4-2-1-3-5-22/h1-17H. The van der Waals surface area contributed by atoms with E-state index in [9.17, 15) is 34.2 Å². The van der Waals surface area contributed by atoms with Gasteiger partial charge in [-0.3, -0.25) is 0 Å². The van der Waals surface area contributed by atoms with E-state index in [0.29, 0.717) is 39.0 Å². The fourth-order valence-electron chi connectivity index (χ4n) is 6.38. The minimum atomic E-state index is -4.63. The molecule has 5 aromatic rings. The van der Waals surface area contributed by atoms with Crippen molar-refractivity contribution in [3.63, 3.8) is 0 Å². The topological polar surface area (TPSA) is 95.2 Å². The third kappa shape index (κ3) is 4.28. The molecule has 0 aromatic heterocycles. The normalized spacial score (nSPS) is 12.1. The van der Waals surface area contributed by atoms with Gasteiger partial charge in [0.05, 0.1) is 5.56 Å². The number of hydrogen-bond acceptors (Lipinski definition) is 4. The van der Waals surface area contributed by atoms with Crippen molar-refractivity contribution < 1.29 is 13.2 Å². The molecule has 0 aliphatic heterocycles. The van der Waals surface area contributed by atoms with E-state index in [1.165, 1.54) is 6.07 Å². The summed E-state index contributed by atoms with van der Waals surface area (Å²) in [6.45, 7) is 0. The van der Waals surface area contributed by atoms with Crippen LogP contribution >= 0.6 is 0 Å². The maximum atomic E-state index is 13.7. The molecule has 4 nitrogen and oxygen atoms in total. The molecular weight excluding hydrogens is 581 g/mol. The largest absolute Gasteiger partial charge is 0.416 e. The zero-order chi connectivity index (χ0) is 32.2. The van der Waals surface area contributed by atoms with Crippen molar-refractivity contribution >= 4 is 11.1 Å². The summed E-state index contributed by atoms with van der Waals surface area (Å²) in [5, 5.41) is 39.5. The van der Waals surface area contributed by atoms with Gasteiger partial charge in [-0.25, -0.2) is 0 Å². The van der Waals surface area contributed by atoms with E-state index < -0.39 is 11.7 Å². The van der Waals surface area contributed by atoms with Gasteiger partial charge in [0.25, 0.3) is 0 Å². The van der Waals surface area contributed by atoms with E-state index in [1.54, 1.807) is 12.1 Å². The van der Waals surface area contributed by atoms with Crippen molar-refractivity contribution in [2.75, 3.05) is 0 Å². The first kappa shape index (κ1) is 28.1. The first-order valence-electron chi connectivity index (χ1n) is 14.1. The van der Waals surface area contributed by atoms with E-state index in [-0.39, 0.29) is 22.3 Å². The molecule has 0 saturated heterocycles. The molecule has 214 valence electrons. The fraction of sp³-hybridized carbons (Fsp3) is 0.0256. The molecule has 0 amide bonds. The molecule has 0 N–H and O–H groups in total. The summed E-state index contributed by atoms with van der Waals surface area (Å²) >= 11 is 0. The summed E-state index contributed by atoms with van der Waals surface area (Å²) < 4.78 is 41.1. The fourth-order valence-corrected chi connectivity index (χ4v) is 6.38. The molecular formula is C39H17F3N4. The number of allylic oxidation sites excluding steroid dienone is 2. The Labute approximate surface area is 262 Å². The number of hydrogen-bond donors (Lipinski definition) is 0. The lowest BCUT2D eigenvalue weighted by atomic mass is 9.93. The van der Waals surface area contributed by atoms with Crippen LogP contribution in [0.5, 0.6) is 0 Å². The van der Waals surface area contributed by atoms with Gasteiger partial charge in [-0.15, -0.1) is 0 Å². The highest BCUT2D eigenvalue weighted by atomic mass is 19.4. The Morgan fingerprint density at radius 3 is 1.33 bits per heavy atom. The Kier molecular flexibility index (Phi) is 6.42. The van der Waals surface area contributed by atoms with Crippen LogP contribution in [0, 0.1) is 45.3 Å². The molecule has 0 spiro atoms. The molecule has 46 heavy (non-hydrogen) atoms. The molecule has 2 aliphatic rings. The molecule has 2 aliphatic carbocycles. The number of nitriles is 4. The third-order valence-electron chi connectivity index (χ3n) is 8.45. The molecule has 0 bridgehead atoms. The molecule has 7 heteroatoms. The van der Waals surface area contributed by atoms with Gasteiger partial charge >= 0.3 is 6.18 Å². The number of rotatable bonds is 2. The van der Waals surface area contributed by atoms with Crippen LogP contribution in [-0.2, 0) is 6.18 Å². The second-order valence-corrected chi connectivity index (χ2v) is 10.9. The summed E-state index contributed by atoms with van der Waals surface area (Å²) in [5.74, 6) is 0. The van der Waals surface area contributed by atoms with Gasteiger partial charge < -0.3 is 0 Å². The second kappa shape index (κ2) is 10.5. The monoisotopic (exact) mass is 598 g/mol. The van der Waals surface area contributed by atoms with Crippen LogP contribution in [0.4, 0.5) is 13.2 Å². The SMILES string of the molecule is N#CC(C#N)=C1c2cc(-c3ccc(-c4ccccc4)cc3)ccc2-c2cc3c(cc21)-c1ccc(C(F)(F)F)cc1C3=C(C#N)C#N. The van der Waals surface area contributed by atoms with Crippen LogP contribution in [0.1, 0.15) is 27.8 Å². The number of alkyl halides is 3. The van der Waals surface area contributed by atoms with Crippen LogP contribution in [0.2, 0.25) is 0 Å². The zero-order valence-corrected chi connectivity index (χ0v) is 23.7. The molecule has 0 atom stereocenters. The summed E-state index contributed by atoms with van der Waals surface area (Å²) in [7, 11) is 0. The minimum Gasteiger partial charge on any atom is -0.192 e. The van der Waals surface area contributed by atoms with Crippen molar-refractivity contribution in [1.29, 1.82) is 21.0 Å². The van der Waals surface area contributed by atoms with Crippen LogP contribution in [0.25, 0.3) is 55.7 Å². The van der Waals surface area contributed by atoms with Crippen molar-refractivity contribution in [2.24, 2.45) is 0 Å². The highest BCUT2D eigenvalue weighted by Gasteiger charge is 2.37. The number of nitrogens with zero attached hydrogens (tertiary/aromatic N) is 4. The summed E-state index contributed by atoms with van der Waals surface area (Å²) in [6, 6.07) is 38.3. The Hall–Kier alpha value is -6.67. The lowest BCUT2D eigenvalue weighted by Gasteiger charge is -2.10. The van der Waals surface area contributed by atoms with Gasteiger partial charge in [-0.05, 0) is 97.1 Å². The van der Waals surface area contributed by atoms with E-state index in [2.05, 4.69) is 0 Å². The third-order valence-corrected chi connectivity index (χ3v) is 8.45. The van der Waals surface area contributed by atoms with E-state index >= 15 is 0 Å². The quantitative estimate of drug-likeness (QED) is 0.185. The summed E-state index contributed by atoms with van der Waals surface area (Å²) in [6.07, 6.45) is -4.63. The Morgan fingerprint density at radius 2 is 0.826 bits per heavy atom. The van der Waals surface area contributed by atoms with Gasteiger partial charge in [-0.1, -0.05) is 72.8 Å². The predicted octanol–water partition coefficient (Wildman–Crippen LogP) is 9.70. The summed E-state index contributed by atoms with van der Waals surface area (Å²) in [4.78, 5) is 0. The first-order chi connectivity index (χ1) is 22.3. The molecule has 5 aromatic carbocycles. The number of fused-ring (bicyclic) bond motifs is 6. The van der Waals surface area contributed by atoms with Gasteiger partial charge in [0.2, 0.25) is 0 Å². The molecule has 0 radical (unpaired) electrons. The molecule has 0 fully saturated rings. The van der Waals surface area contributed by atoms with Crippen LogP contribution in [0.15, 0.2) is 114 Å². The first-order valence-corrected chi connectivity index (χ1v) is 14.1. The highest BCUT2D eigenvalue weighted by Crippen LogP contribution is 2.54.